The molecule has 1 N–H and O–H groups in total. The second kappa shape index (κ2) is 8.59. The summed E-state index contributed by atoms with van der Waals surface area (Å²) in [5, 5.41) is 11.6. The molecule has 33 heavy (non-hydrogen) atoms. The van der Waals surface area contributed by atoms with Crippen LogP contribution in [0.3, 0.4) is 0 Å². The van der Waals surface area contributed by atoms with Crippen molar-refractivity contribution in [3.8, 4) is 0 Å². The molecule has 1 fully saturated rings. The molecule has 2 aliphatic heterocycles. The number of aromatic nitrogens is 3. The van der Waals surface area contributed by atoms with Crippen molar-refractivity contribution in [2.75, 3.05) is 26.7 Å². The van der Waals surface area contributed by atoms with Crippen molar-refractivity contribution in [1.29, 1.82) is 0 Å². The Morgan fingerprint density at radius 2 is 1.97 bits per heavy atom. The van der Waals surface area contributed by atoms with Crippen molar-refractivity contribution < 1.29 is 9.90 Å². The quantitative estimate of drug-likeness (QED) is 0.645. The van der Waals surface area contributed by atoms with E-state index in [1.165, 1.54) is 6.33 Å². The van der Waals surface area contributed by atoms with E-state index in [2.05, 4.69) is 26.8 Å². The molecule has 168 valence electrons. The zero-order valence-electron chi connectivity index (χ0n) is 18.5. The summed E-state index contributed by atoms with van der Waals surface area (Å²) in [6.07, 6.45) is 3.96. The summed E-state index contributed by atoms with van der Waals surface area (Å²) in [6.45, 7) is 3.71. The van der Waals surface area contributed by atoms with Crippen LogP contribution < -0.4 is 0 Å². The molecule has 9 nitrogen and oxygen atoms in total. The molecule has 0 saturated carbocycles. The second-order valence-corrected chi connectivity index (χ2v) is 8.27. The highest BCUT2D eigenvalue weighted by Gasteiger charge is 2.34. The number of likely N-dealkylation sites (N-methyl/N-ethyl adjacent to an activating group) is 1. The van der Waals surface area contributed by atoms with E-state index in [4.69, 9.17) is 4.99 Å². The number of amides is 1. The van der Waals surface area contributed by atoms with Crippen LogP contribution in [0.2, 0.25) is 0 Å². The minimum absolute atomic E-state index is 0.00121. The van der Waals surface area contributed by atoms with E-state index < -0.39 is 6.23 Å². The highest BCUT2D eigenvalue weighted by Crippen LogP contribution is 2.24. The molecular formula is C24H25N7O2. The number of aliphatic hydroxyl groups excluding tert-OH is 1. The maximum absolute atomic E-state index is 13.2. The minimum Gasteiger partial charge on any atom is -0.370 e. The van der Waals surface area contributed by atoms with Crippen molar-refractivity contribution in [3.05, 3.63) is 72.5 Å². The SMILES string of the molecule is C[C@@H]1CN(C(=O)c2ccc3ccccc3n2)CCN1C1=NC(c2ccncn2)=CC(O)N1C. The highest BCUT2D eigenvalue weighted by molar-refractivity contribution is 5.95. The van der Waals surface area contributed by atoms with Crippen LogP contribution >= 0.6 is 0 Å². The van der Waals surface area contributed by atoms with Gasteiger partial charge in [0.25, 0.3) is 5.91 Å². The van der Waals surface area contributed by atoms with Crippen LogP contribution in [0.15, 0.2) is 66.1 Å². The topological polar surface area (TPSA) is 98.1 Å². The van der Waals surface area contributed by atoms with Crippen LogP contribution in [0, 0.1) is 0 Å². The smallest absolute Gasteiger partial charge is 0.272 e. The fourth-order valence-corrected chi connectivity index (χ4v) is 4.23. The summed E-state index contributed by atoms with van der Waals surface area (Å²) in [5.74, 6) is 0.579. The van der Waals surface area contributed by atoms with E-state index >= 15 is 0 Å². The van der Waals surface area contributed by atoms with E-state index in [0.29, 0.717) is 42.7 Å². The average Bonchev–Trinajstić information content (AvgIpc) is 2.85. The third-order valence-electron chi connectivity index (χ3n) is 6.07. The van der Waals surface area contributed by atoms with Gasteiger partial charge < -0.3 is 19.8 Å². The lowest BCUT2D eigenvalue weighted by atomic mass is 10.1. The number of piperazine rings is 1. The van der Waals surface area contributed by atoms with Crippen molar-refractivity contribution in [2.45, 2.75) is 19.2 Å². The van der Waals surface area contributed by atoms with Gasteiger partial charge in [-0.1, -0.05) is 24.3 Å². The summed E-state index contributed by atoms with van der Waals surface area (Å²) in [7, 11) is 1.81. The Balaban J connectivity index is 1.34. The number of benzene rings is 1. The number of aliphatic hydroxyl groups is 1. The molecule has 2 atom stereocenters. The Morgan fingerprint density at radius 1 is 1.12 bits per heavy atom. The Morgan fingerprint density at radius 3 is 2.76 bits per heavy atom. The van der Waals surface area contributed by atoms with Gasteiger partial charge in [-0.25, -0.2) is 19.9 Å². The van der Waals surface area contributed by atoms with E-state index in [1.54, 1.807) is 36.4 Å². The number of nitrogens with zero attached hydrogens (tertiary/aromatic N) is 7. The van der Waals surface area contributed by atoms with Gasteiger partial charge in [0, 0.05) is 44.3 Å². The summed E-state index contributed by atoms with van der Waals surface area (Å²) in [4.78, 5) is 36.4. The minimum atomic E-state index is -0.823. The van der Waals surface area contributed by atoms with Gasteiger partial charge in [-0.2, -0.15) is 0 Å². The summed E-state index contributed by atoms with van der Waals surface area (Å²) >= 11 is 0. The lowest BCUT2D eigenvalue weighted by Gasteiger charge is -2.44. The molecule has 1 aromatic carbocycles. The molecule has 2 aromatic heterocycles. The van der Waals surface area contributed by atoms with Gasteiger partial charge in [0.2, 0.25) is 5.96 Å². The van der Waals surface area contributed by atoms with Crippen LogP contribution in [-0.4, -0.2) is 85.6 Å². The Bertz CT molecular complexity index is 1240. The first kappa shape index (κ1) is 21.0. The normalized spacial score (nSPS) is 21.1. The third-order valence-corrected chi connectivity index (χ3v) is 6.07. The van der Waals surface area contributed by atoms with E-state index in [9.17, 15) is 9.90 Å². The first-order valence-electron chi connectivity index (χ1n) is 10.9. The lowest BCUT2D eigenvalue weighted by molar-refractivity contribution is 0.0554. The first-order chi connectivity index (χ1) is 16.0. The second-order valence-electron chi connectivity index (χ2n) is 8.27. The van der Waals surface area contributed by atoms with Gasteiger partial charge >= 0.3 is 0 Å². The number of carbonyl (C=O) groups excluding carboxylic acids is 1. The Kier molecular flexibility index (Phi) is 5.47. The molecule has 1 saturated heterocycles. The number of hydrogen-bond donors (Lipinski definition) is 1. The Hall–Kier alpha value is -3.85. The zero-order valence-corrected chi connectivity index (χ0v) is 18.5. The number of hydrogen-bond acceptors (Lipinski definition) is 8. The molecule has 3 aromatic rings. The standard InChI is InChI=1S/C24H25N7O2/c1-16-14-30(23(33)20-8-7-17-5-3-4-6-18(17)27-20)11-12-31(16)24-28-21(13-22(32)29(24)2)19-9-10-25-15-26-19/h3-10,13,15-16,22,32H,11-12,14H2,1-2H3/t16-,22?/m1/s1. The monoisotopic (exact) mass is 443 g/mol. The molecular weight excluding hydrogens is 418 g/mol. The average molecular weight is 444 g/mol. The molecule has 4 heterocycles. The van der Waals surface area contributed by atoms with Gasteiger partial charge in [0.15, 0.2) is 6.23 Å². The van der Waals surface area contributed by atoms with Crippen LogP contribution in [0.4, 0.5) is 0 Å². The van der Waals surface area contributed by atoms with E-state index in [0.717, 1.165) is 10.9 Å². The fraction of sp³-hybridized carbons (Fsp3) is 0.292. The number of guanidine groups is 1. The third kappa shape index (κ3) is 4.03. The van der Waals surface area contributed by atoms with Gasteiger partial charge in [-0.05, 0) is 31.2 Å². The van der Waals surface area contributed by atoms with E-state index in [1.807, 2.05) is 35.2 Å². The number of carbonyl (C=O) groups is 1. The molecule has 5 rings (SSSR count). The van der Waals surface area contributed by atoms with Crippen molar-refractivity contribution in [1.82, 2.24) is 29.7 Å². The molecule has 9 heteroatoms. The van der Waals surface area contributed by atoms with Crippen molar-refractivity contribution in [3.63, 3.8) is 0 Å². The summed E-state index contributed by atoms with van der Waals surface area (Å²) in [6, 6.07) is 13.3. The molecule has 0 bridgehead atoms. The predicted octanol–water partition coefficient (Wildman–Crippen LogP) is 1.83. The molecule has 1 unspecified atom stereocenters. The first-order valence-corrected chi connectivity index (χ1v) is 10.9. The molecule has 2 aliphatic rings. The van der Waals surface area contributed by atoms with Crippen LogP contribution in [0.5, 0.6) is 0 Å². The number of fused-ring (bicyclic) bond motifs is 1. The van der Waals surface area contributed by atoms with Crippen LogP contribution in [0.1, 0.15) is 23.1 Å². The molecule has 0 radical (unpaired) electrons. The highest BCUT2D eigenvalue weighted by atomic mass is 16.3. The summed E-state index contributed by atoms with van der Waals surface area (Å²) in [5.41, 5.74) is 2.51. The van der Waals surface area contributed by atoms with Gasteiger partial charge in [0.05, 0.1) is 16.9 Å². The van der Waals surface area contributed by atoms with Crippen LogP contribution in [-0.2, 0) is 0 Å². The largest absolute Gasteiger partial charge is 0.370 e. The summed E-state index contributed by atoms with van der Waals surface area (Å²) < 4.78 is 0. The predicted molar refractivity (Wildman–Crippen MR) is 125 cm³/mol. The van der Waals surface area contributed by atoms with Crippen molar-refractivity contribution in [2.24, 2.45) is 4.99 Å². The number of aliphatic imine (C=N–C) groups is 1. The maximum Gasteiger partial charge on any atom is 0.272 e. The molecule has 0 aliphatic carbocycles. The number of rotatable bonds is 2. The van der Waals surface area contributed by atoms with Crippen molar-refractivity contribution >= 4 is 28.5 Å². The van der Waals surface area contributed by atoms with Gasteiger partial charge in [0.1, 0.15) is 12.0 Å². The zero-order chi connectivity index (χ0) is 22.9. The Labute approximate surface area is 191 Å². The van der Waals surface area contributed by atoms with Gasteiger partial charge in [-0.3, -0.25) is 4.79 Å². The number of pyridine rings is 1. The number of para-hydroxylation sites is 1. The molecule has 0 spiro atoms. The van der Waals surface area contributed by atoms with E-state index in [-0.39, 0.29) is 11.9 Å². The molecule has 1 amide bonds. The lowest BCUT2D eigenvalue weighted by Crippen LogP contribution is -2.59. The fourth-order valence-electron chi connectivity index (χ4n) is 4.23. The maximum atomic E-state index is 13.2. The van der Waals surface area contributed by atoms with Crippen LogP contribution in [0.25, 0.3) is 16.6 Å². The van der Waals surface area contributed by atoms with Gasteiger partial charge in [-0.15, -0.1) is 0 Å².